The third-order valence-corrected chi connectivity index (χ3v) is 5.85. The highest BCUT2D eigenvalue weighted by atomic mass is 32.2. The SMILES string of the molecule is CCOc1ccc(N=C2S/C(=C\c3cccn3-c3ccc(OC)cc3)C(=O)N2C)cc1. The fourth-order valence-corrected chi connectivity index (χ4v) is 4.14. The molecule has 158 valence electrons. The number of aliphatic imine (C=N–C) groups is 1. The van der Waals surface area contributed by atoms with E-state index in [4.69, 9.17) is 9.47 Å². The summed E-state index contributed by atoms with van der Waals surface area (Å²) in [5.41, 5.74) is 2.68. The molecular formula is C24H23N3O3S. The lowest BCUT2D eigenvalue weighted by atomic mass is 10.3. The summed E-state index contributed by atoms with van der Waals surface area (Å²) in [5, 5.41) is 0.642. The van der Waals surface area contributed by atoms with Gasteiger partial charge < -0.3 is 14.0 Å². The van der Waals surface area contributed by atoms with E-state index in [1.54, 1.807) is 19.1 Å². The molecule has 1 aromatic heterocycles. The van der Waals surface area contributed by atoms with Crippen molar-refractivity contribution in [3.05, 3.63) is 77.5 Å². The molecule has 0 bridgehead atoms. The summed E-state index contributed by atoms with van der Waals surface area (Å²) in [6.45, 7) is 2.57. The second kappa shape index (κ2) is 9.14. The van der Waals surface area contributed by atoms with E-state index in [1.807, 2.05) is 84.4 Å². The topological polar surface area (TPSA) is 56.1 Å². The number of likely N-dealkylation sites (N-methyl/N-ethyl adjacent to an activating group) is 1. The Morgan fingerprint density at radius 1 is 1.03 bits per heavy atom. The van der Waals surface area contributed by atoms with Crippen LogP contribution in [0.15, 0.2) is 76.8 Å². The molecular weight excluding hydrogens is 410 g/mol. The second-order valence-electron chi connectivity index (χ2n) is 6.80. The van der Waals surface area contributed by atoms with E-state index in [9.17, 15) is 4.79 Å². The van der Waals surface area contributed by atoms with Crippen LogP contribution >= 0.6 is 11.8 Å². The summed E-state index contributed by atoms with van der Waals surface area (Å²) in [6, 6.07) is 19.2. The predicted molar refractivity (Wildman–Crippen MR) is 125 cm³/mol. The minimum Gasteiger partial charge on any atom is -0.497 e. The lowest BCUT2D eigenvalue weighted by Gasteiger charge is -2.08. The maximum atomic E-state index is 12.8. The van der Waals surface area contributed by atoms with Gasteiger partial charge in [0.25, 0.3) is 5.91 Å². The average Bonchev–Trinajstić information content (AvgIpc) is 3.36. The highest BCUT2D eigenvalue weighted by Gasteiger charge is 2.30. The van der Waals surface area contributed by atoms with Gasteiger partial charge in [0.05, 0.1) is 24.3 Å². The molecule has 0 aliphatic carbocycles. The van der Waals surface area contributed by atoms with Crippen LogP contribution in [0.3, 0.4) is 0 Å². The number of nitrogens with zero attached hydrogens (tertiary/aromatic N) is 3. The van der Waals surface area contributed by atoms with Gasteiger partial charge in [-0.2, -0.15) is 0 Å². The highest BCUT2D eigenvalue weighted by Crippen LogP contribution is 2.34. The summed E-state index contributed by atoms with van der Waals surface area (Å²) >= 11 is 1.37. The molecule has 0 radical (unpaired) electrons. The molecule has 1 saturated heterocycles. The van der Waals surface area contributed by atoms with Crippen LogP contribution in [0.1, 0.15) is 12.6 Å². The monoisotopic (exact) mass is 433 g/mol. The predicted octanol–water partition coefficient (Wildman–Crippen LogP) is 5.12. The van der Waals surface area contributed by atoms with E-state index < -0.39 is 0 Å². The Labute approximate surface area is 185 Å². The van der Waals surface area contributed by atoms with Crippen molar-refractivity contribution in [1.82, 2.24) is 9.47 Å². The van der Waals surface area contributed by atoms with Crippen molar-refractivity contribution >= 4 is 34.6 Å². The molecule has 1 amide bonds. The second-order valence-corrected chi connectivity index (χ2v) is 7.81. The van der Waals surface area contributed by atoms with Gasteiger partial charge in [-0.3, -0.25) is 9.69 Å². The fraction of sp³-hybridized carbons (Fsp3) is 0.167. The van der Waals surface area contributed by atoms with Crippen molar-refractivity contribution in [2.24, 2.45) is 4.99 Å². The maximum absolute atomic E-state index is 12.8. The molecule has 0 unspecified atom stereocenters. The molecule has 1 fully saturated rings. The molecule has 0 saturated carbocycles. The first kappa shape index (κ1) is 20.8. The van der Waals surface area contributed by atoms with Gasteiger partial charge in [-0.1, -0.05) is 0 Å². The number of hydrogen-bond donors (Lipinski definition) is 0. The van der Waals surface area contributed by atoms with Crippen LogP contribution < -0.4 is 9.47 Å². The summed E-state index contributed by atoms with van der Waals surface area (Å²) in [5.74, 6) is 1.53. The van der Waals surface area contributed by atoms with Crippen molar-refractivity contribution in [1.29, 1.82) is 0 Å². The Morgan fingerprint density at radius 3 is 2.42 bits per heavy atom. The molecule has 1 aliphatic rings. The number of amides is 1. The van der Waals surface area contributed by atoms with Crippen molar-refractivity contribution in [3.63, 3.8) is 0 Å². The van der Waals surface area contributed by atoms with Gasteiger partial charge in [-0.05, 0) is 85.4 Å². The first-order chi connectivity index (χ1) is 15.1. The van der Waals surface area contributed by atoms with Gasteiger partial charge in [0.2, 0.25) is 0 Å². The summed E-state index contributed by atoms with van der Waals surface area (Å²) in [7, 11) is 3.39. The van der Waals surface area contributed by atoms with Gasteiger partial charge in [0.15, 0.2) is 5.17 Å². The Morgan fingerprint density at radius 2 is 1.74 bits per heavy atom. The van der Waals surface area contributed by atoms with Gasteiger partial charge in [-0.25, -0.2) is 4.99 Å². The lowest BCUT2D eigenvalue weighted by Crippen LogP contribution is -2.23. The van der Waals surface area contributed by atoms with Crippen LogP contribution in [0.5, 0.6) is 11.5 Å². The summed E-state index contributed by atoms with van der Waals surface area (Å²) in [6.07, 6.45) is 3.87. The minimum absolute atomic E-state index is 0.0721. The molecule has 4 rings (SSSR count). The van der Waals surface area contributed by atoms with Crippen LogP contribution in [-0.4, -0.2) is 41.3 Å². The Hall–Kier alpha value is -3.45. The first-order valence-corrected chi connectivity index (χ1v) is 10.7. The number of amidine groups is 1. The third-order valence-electron chi connectivity index (χ3n) is 4.79. The molecule has 1 aliphatic heterocycles. The number of ether oxygens (including phenoxy) is 2. The van der Waals surface area contributed by atoms with Gasteiger partial charge in [0, 0.05) is 24.6 Å². The van der Waals surface area contributed by atoms with Crippen molar-refractivity contribution in [2.75, 3.05) is 20.8 Å². The van der Waals surface area contributed by atoms with Crippen molar-refractivity contribution in [2.45, 2.75) is 6.92 Å². The van der Waals surface area contributed by atoms with E-state index in [0.29, 0.717) is 16.7 Å². The molecule has 7 heteroatoms. The molecule has 2 heterocycles. The molecule has 3 aromatic rings. The number of methoxy groups -OCH3 is 1. The molecule has 0 atom stereocenters. The van der Waals surface area contributed by atoms with Crippen molar-refractivity contribution < 1.29 is 14.3 Å². The Balaban J connectivity index is 1.58. The van der Waals surface area contributed by atoms with Crippen LogP contribution in [0, 0.1) is 0 Å². The molecule has 2 aromatic carbocycles. The first-order valence-electron chi connectivity index (χ1n) is 9.90. The normalized spacial score (nSPS) is 16.4. The standard InChI is InChI=1S/C24H23N3O3S/c1-4-30-21-11-7-17(8-12-21)25-24-26(2)23(28)22(31-24)16-19-6-5-15-27(19)18-9-13-20(29-3)14-10-18/h5-16H,4H2,1-3H3/b22-16-,25-24?. The average molecular weight is 434 g/mol. The summed E-state index contributed by atoms with van der Waals surface area (Å²) < 4.78 is 12.7. The van der Waals surface area contributed by atoms with Crippen LogP contribution in [-0.2, 0) is 4.79 Å². The number of thioether (sulfide) groups is 1. The third kappa shape index (κ3) is 4.51. The largest absolute Gasteiger partial charge is 0.497 e. The van der Waals surface area contributed by atoms with E-state index in [-0.39, 0.29) is 5.91 Å². The number of carbonyl (C=O) groups is 1. The van der Waals surface area contributed by atoms with Crippen LogP contribution in [0.25, 0.3) is 11.8 Å². The minimum atomic E-state index is -0.0721. The van der Waals surface area contributed by atoms with Crippen LogP contribution in [0.2, 0.25) is 0 Å². The zero-order valence-corrected chi connectivity index (χ0v) is 18.4. The smallest absolute Gasteiger partial charge is 0.266 e. The zero-order chi connectivity index (χ0) is 21.8. The summed E-state index contributed by atoms with van der Waals surface area (Å²) in [4.78, 5) is 19.7. The Kier molecular flexibility index (Phi) is 6.13. The van der Waals surface area contributed by atoms with Gasteiger partial charge >= 0.3 is 0 Å². The zero-order valence-electron chi connectivity index (χ0n) is 17.6. The van der Waals surface area contributed by atoms with E-state index >= 15 is 0 Å². The maximum Gasteiger partial charge on any atom is 0.266 e. The van der Waals surface area contributed by atoms with E-state index in [1.165, 1.54) is 11.8 Å². The van der Waals surface area contributed by atoms with E-state index in [0.717, 1.165) is 28.6 Å². The molecule has 0 spiro atoms. The van der Waals surface area contributed by atoms with Crippen LogP contribution in [0.4, 0.5) is 5.69 Å². The fourth-order valence-electron chi connectivity index (χ4n) is 3.17. The number of hydrogen-bond acceptors (Lipinski definition) is 5. The van der Waals surface area contributed by atoms with Crippen molar-refractivity contribution in [3.8, 4) is 17.2 Å². The lowest BCUT2D eigenvalue weighted by molar-refractivity contribution is -0.121. The number of benzene rings is 2. The number of carbonyl (C=O) groups excluding carboxylic acids is 1. The molecule has 6 nitrogen and oxygen atoms in total. The van der Waals surface area contributed by atoms with E-state index in [2.05, 4.69) is 4.99 Å². The number of aromatic nitrogens is 1. The van der Waals surface area contributed by atoms with Gasteiger partial charge in [0.1, 0.15) is 11.5 Å². The quantitative estimate of drug-likeness (QED) is 0.507. The molecule has 31 heavy (non-hydrogen) atoms. The highest BCUT2D eigenvalue weighted by molar-refractivity contribution is 8.18. The van der Waals surface area contributed by atoms with Gasteiger partial charge in [-0.15, -0.1) is 0 Å². The number of rotatable bonds is 6. The molecule has 0 N–H and O–H groups in total. The Bertz CT molecular complexity index is 1130.